The quantitative estimate of drug-likeness (QED) is 0.733. The number of rotatable bonds is 4. The molecule has 4 rings (SSSR count). The van der Waals surface area contributed by atoms with Gasteiger partial charge in [0.1, 0.15) is 0 Å². The number of benzene rings is 2. The van der Waals surface area contributed by atoms with Gasteiger partial charge in [-0.25, -0.2) is 0 Å². The van der Waals surface area contributed by atoms with Crippen LogP contribution in [0.5, 0.6) is 0 Å². The van der Waals surface area contributed by atoms with E-state index in [1.807, 2.05) is 48.5 Å². The number of carbonyl (C=O) groups excluding carboxylic acids is 2. The molecule has 6 nitrogen and oxygen atoms in total. The first-order chi connectivity index (χ1) is 13.6. The van der Waals surface area contributed by atoms with Gasteiger partial charge in [-0.2, -0.15) is 5.10 Å². The van der Waals surface area contributed by atoms with Crippen molar-refractivity contribution in [3.63, 3.8) is 0 Å². The van der Waals surface area contributed by atoms with Gasteiger partial charge in [0.2, 0.25) is 11.8 Å². The monoisotopic (exact) mass is 374 g/mol. The lowest BCUT2D eigenvalue weighted by Gasteiger charge is -2.36. The standard InChI is InChI=1S/C22H22N4O2/c1-15(27)26-12-11-16-7-5-6-10-18(16)20(26)13-21(28)24-19-14-23-25-22(19)17-8-3-2-4-9-17/h2-10,14,20H,11-13H2,1H3,(H,23,25)(H,24,28)/t20-/m0/s1. The van der Waals surface area contributed by atoms with E-state index in [0.29, 0.717) is 12.2 Å². The molecule has 2 N–H and O–H groups in total. The van der Waals surface area contributed by atoms with E-state index in [4.69, 9.17) is 0 Å². The van der Waals surface area contributed by atoms with E-state index >= 15 is 0 Å². The average Bonchev–Trinajstić information content (AvgIpc) is 3.16. The number of aromatic nitrogens is 2. The Kier molecular flexibility index (Phi) is 4.93. The maximum Gasteiger partial charge on any atom is 0.226 e. The minimum Gasteiger partial charge on any atom is -0.335 e. The fraction of sp³-hybridized carbons (Fsp3) is 0.227. The van der Waals surface area contributed by atoms with Crippen molar-refractivity contribution >= 4 is 17.5 Å². The normalized spacial score (nSPS) is 15.8. The molecule has 0 bridgehead atoms. The van der Waals surface area contributed by atoms with Crippen LogP contribution < -0.4 is 5.32 Å². The number of anilines is 1. The predicted molar refractivity (Wildman–Crippen MR) is 108 cm³/mol. The Balaban J connectivity index is 1.55. The topological polar surface area (TPSA) is 78.1 Å². The molecular formula is C22H22N4O2. The van der Waals surface area contributed by atoms with Crippen molar-refractivity contribution in [1.29, 1.82) is 0 Å². The largest absolute Gasteiger partial charge is 0.335 e. The van der Waals surface area contributed by atoms with Gasteiger partial charge in [-0.05, 0) is 17.5 Å². The number of nitrogens with one attached hydrogen (secondary N) is 2. The third-order valence-corrected chi connectivity index (χ3v) is 5.17. The maximum absolute atomic E-state index is 12.8. The fourth-order valence-corrected chi connectivity index (χ4v) is 3.83. The van der Waals surface area contributed by atoms with Crippen LogP contribution in [0.15, 0.2) is 60.8 Å². The molecule has 0 saturated heterocycles. The number of hydrogen-bond donors (Lipinski definition) is 2. The second-order valence-electron chi connectivity index (χ2n) is 6.95. The Morgan fingerprint density at radius 2 is 1.89 bits per heavy atom. The molecule has 142 valence electrons. The number of fused-ring (bicyclic) bond motifs is 1. The van der Waals surface area contributed by atoms with Gasteiger partial charge in [0, 0.05) is 19.0 Å². The van der Waals surface area contributed by atoms with Gasteiger partial charge < -0.3 is 10.2 Å². The van der Waals surface area contributed by atoms with Crippen LogP contribution in [0.4, 0.5) is 5.69 Å². The molecule has 1 aliphatic rings. The number of carbonyl (C=O) groups is 2. The van der Waals surface area contributed by atoms with Crippen molar-refractivity contribution < 1.29 is 9.59 Å². The van der Waals surface area contributed by atoms with Gasteiger partial charge in [-0.15, -0.1) is 0 Å². The molecule has 1 aliphatic heterocycles. The molecule has 28 heavy (non-hydrogen) atoms. The molecule has 0 unspecified atom stereocenters. The zero-order chi connectivity index (χ0) is 19.5. The minimum absolute atomic E-state index is 0.0133. The van der Waals surface area contributed by atoms with Gasteiger partial charge in [0.15, 0.2) is 0 Å². The first kappa shape index (κ1) is 18.0. The number of amides is 2. The molecule has 1 aromatic heterocycles. The average molecular weight is 374 g/mol. The molecule has 2 aromatic carbocycles. The molecule has 0 radical (unpaired) electrons. The number of aromatic amines is 1. The fourth-order valence-electron chi connectivity index (χ4n) is 3.83. The Bertz CT molecular complexity index is 997. The molecule has 0 saturated carbocycles. The lowest BCUT2D eigenvalue weighted by molar-refractivity contribution is -0.132. The van der Waals surface area contributed by atoms with Crippen molar-refractivity contribution in [3.05, 3.63) is 71.9 Å². The summed E-state index contributed by atoms with van der Waals surface area (Å²) in [6.45, 7) is 2.19. The summed E-state index contributed by atoms with van der Waals surface area (Å²) in [7, 11) is 0. The third kappa shape index (κ3) is 3.53. The molecule has 2 amide bonds. The van der Waals surface area contributed by atoms with E-state index in [9.17, 15) is 9.59 Å². The highest BCUT2D eigenvalue weighted by molar-refractivity contribution is 5.95. The van der Waals surface area contributed by atoms with Crippen LogP contribution >= 0.6 is 0 Å². The summed E-state index contributed by atoms with van der Waals surface area (Å²) in [6.07, 6.45) is 2.63. The first-order valence-corrected chi connectivity index (χ1v) is 9.37. The van der Waals surface area contributed by atoms with Crippen molar-refractivity contribution in [1.82, 2.24) is 15.1 Å². The van der Waals surface area contributed by atoms with E-state index < -0.39 is 0 Å². The highest BCUT2D eigenvalue weighted by Crippen LogP contribution is 2.33. The van der Waals surface area contributed by atoms with Gasteiger partial charge >= 0.3 is 0 Å². The van der Waals surface area contributed by atoms with E-state index in [1.165, 1.54) is 5.56 Å². The third-order valence-electron chi connectivity index (χ3n) is 5.17. The molecule has 0 spiro atoms. The summed E-state index contributed by atoms with van der Waals surface area (Å²) in [6, 6.07) is 17.5. The van der Waals surface area contributed by atoms with E-state index in [2.05, 4.69) is 21.6 Å². The maximum atomic E-state index is 12.8. The Labute approximate surface area is 163 Å². The van der Waals surface area contributed by atoms with Crippen molar-refractivity contribution in [2.24, 2.45) is 0 Å². The summed E-state index contributed by atoms with van der Waals surface area (Å²) in [5.41, 5.74) is 4.60. The summed E-state index contributed by atoms with van der Waals surface area (Å²) in [5, 5.41) is 9.97. The predicted octanol–water partition coefficient (Wildman–Crippen LogP) is 3.55. The molecule has 6 heteroatoms. The Hall–Kier alpha value is -3.41. The van der Waals surface area contributed by atoms with Crippen LogP contribution in [0.1, 0.15) is 30.5 Å². The minimum atomic E-state index is -0.255. The molecule has 0 aliphatic carbocycles. The van der Waals surface area contributed by atoms with Crippen LogP contribution in [0, 0.1) is 0 Å². The lowest BCUT2D eigenvalue weighted by Crippen LogP contribution is -2.40. The molecule has 0 fully saturated rings. The number of hydrogen-bond acceptors (Lipinski definition) is 3. The van der Waals surface area contributed by atoms with E-state index in [-0.39, 0.29) is 24.3 Å². The Morgan fingerprint density at radius 1 is 1.14 bits per heavy atom. The highest BCUT2D eigenvalue weighted by atomic mass is 16.2. The molecular weight excluding hydrogens is 352 g/mol. The Morgan fingerprint density at radius 3 is 2.68 bits per heavy atom. The smallest absolute Gasteiger partial charge is 0.226 e. The lowest BCUT2D eigenvalue weighted by atomic mass is 9.90. The second kappa shape index (κ2) is 7.68. The van der Waals surface area contributed by atoms with Crippen molar-refractivity contribution in [2.75, 3.05) is 11.9 Å². The number of nitrogens with zero attached hydrogens (tertiary/aromatic N) is 2. The summed E-state index contributed by atoms with van der Waals surface area (Å²) < 4.78 is 0. The van der Waals surface area contributed by atoms with Crippen molar-refractivity contribution in [2.45, 2.75) is 25.8 Å². The van der Waals surface area contributed by atoms with Gasteiger partial charge in [-0.1, -0.05) is 54.6 Å². The zero-order valence-electron chi connectivity index (χ0n) is 15.7. The molecule has 3 aromatic rings. The second-order valence-corrected chi connectivity index (χ2v) is 6.95. The van der Waals surface area contributed by atoms with Gasteiger partial charge in [-0.3, -0.25) is 14.7 Å². The van der Waals surface area contributed by atoms with Crippen LogP contribution in [-0.4, -0.2) is 33.5 Å². The zero-order valence-corrected chi connectivity index (χ0v) is 15.7. The summed E-state index contributed by atoms with van der Waals surface area (Å²) >= 11 is 0. The van der Waals surface area contributed by atoms with Gasteiger partial charge in [0.05, 0.1) is 30.0 Å². The van der Waals surface area contributed by atoms with Crippen molar-refractivity contribution in [3.8, 4) is 11.3 Å². The van der Waals surface area contributed by atoms with E-state index in [0.717, 1.165) is 23.2 Å². The van der Waals surface area contributed by atoms with Crippen LogP contribution in [0.2, 0.25) is 0 Å². The van der Waals surface area contributed by atoms with Gasteiger partial charge in [0.25, 0.3) is 0 Å². The number of H-pyrrole nitrogens is 1. The first-order valence-electron chi connectivity index (χ1n) is 9.37. The van der Waals surface area contributed by atoms with E-state index in [1.54, 1.807) is 18.0 Å². The highest BCUT2D eigenvalue weighted by Gasteiger charge is 2.30. The SMILES string of the molecule is CC(=O)N1CCc2ccccc2[C@@H]1CC(=O)Nc1cn[nH]c1-c1ccccc1. The van der Waals surface area contributed by atoms with Crippen LogP contribution in [-0.2, 0) is 16.0 Å². The summed E-state index contributed by atoms with van der Waals surface area (Å²) in [4.78, 5) is 26.8. The molecule has 1 atom stereocenters. The van der Waals surface area contributed by atoms with Crippen LogP contribution in [0.25, 0.3) is 11.3 Å². The van der Waals surface area contributed by atoms with Crippen LogP contribution in [0.3, 0.4) is 0 Å². The summed E-state index contributed by atoms with van der Waals surface area (Å²) in [5.74, 6) is -0.160. The molecule has 2 heterocycles.